The van der Waals surface area contributed by atoms with Gasteiger partial charge in [0.1, 0.15) is 11.5 Å². The van der Waals surface area contributed by atoms with Crippen LogP contribution in [0.15, 0.2) is 36.6 Å². The average Bonchev–Trinajstić information content (AvgIpc) is 2.31. The van der Waals surface area contributed by atoms with Crippen LogP contribution in [0.1, 0.15) is 26.3 Å². The van der Waals surface area contributed by atoms with Gasteiger partial charge in [0.15, 0.2) is 5.60 Å². The summed E-state index contributed by atoms with van der Waals surface area (Å²) >= 11 is 0. The van der Waals surface area contributed by atoms with Crippen molar-refractivity contribution in [3.63, 3.8) is 0 Å². The highest BCUT2D eigenvalue weighted by Gasteiger charge is 2.25. The third-order valence-electron chi connectivity index (χ3n) is 2.67. The molecule has 19 heavy (non-hydrogen) atoms. The van der Waals surface area contributed by atoms with Crippen molar-refractivity contribution in [2.24, 2.45) is 0 Å². The predicted molar refractivity (Wildman–Crippen MR) is 73.3 cm³/mol. The Kier molecular flexibility index (Phi) is 4.98. The van der Waals surface area contributed by atoms with Gasteiger partial charge in [0, 0.05) is 5.56 Å². The van der Waals surface area contributed by atoms with Gasteiger partial charge in [-0.3, -0.25) is 4.79 Å². The van der Waals surface area contributed by atoms with Crippen molar-refractivity contribution >= 4 is 5.97 Å². The second-order valence-corrected chi connectivity index (χ2v) is 4.65. The molecular formula is C15H20O4. The maximum absolute atomic E-state index is 11.5. The molecule has 1 aromatic rings. The Labute approximate surface area is 113 Å². The van der Waals surface area contributed by atoms with Crippen LogP contribution in [0.3, 0.4) is 0 Å². The molecule has 0 unspecified atom stereocenters. The first-order chi connectivity index (χ1) is 8.86. The van der Waals surface area contributed by atoms with Crippen molar-refractivity contribution in [3.05, 3.63) is 42.2 Å². The number of carbonyl (C=O) groups excluding carboxylic acids is 1. The van der Waals surface area contributed by atoms with E-state index in [0.29, 0.717) is 12.4 Å². The maximum atomic E-state index is 11.5. The molecule has 1 N–H and O–H groups in total. The normalized spacial score (nSPS) is 10.9. The summed E-state index contributed by atoms with van der Waals surface area (Å²) < 4.78 is 10.6. The van der Waals surface area contributed by atoms with Crippen LogP contribution in [-0.4, -0.2) is 23.3 Å². The molecule has 0 aliphatic heterocycles. The molecule has 0 aliphatic carbocycles. The molecule has 0 radical (unpaired) electrons. The molecule has 4 nitrogen and oxygen atoms in total. The average molecular weight is 264 g/mol. The zero-order valence-corrected chi connectivity index (χ0v) is 11.6. The summed E-state index contributed by atoms with van der Waals surface area (Å²) in [6, 6.07) is 7.17. The molecule has 0 saturated carbocycles. The summed E-state index contributed by atoms with van der Waals surface area (Å²) in [5.74, 6) is 0.161. The largest absolute Gasteiger partial charge is 0.509 e. The lowest BCUT2D eigenvalue weighted by Crippen LogP contribution is -2.30. The quantitative estimate of drug-likeness (QED) is 0.634. The van der Waals surface area contributed by atoms with Crippen molar-refractivity contribution in [3.8, 4) is 5.75 Å². The number of rotatable bonds is 6. The minimum atomic E-state index is -0.912. The number of aliphatic hydroxyl groups excluding tert-OH is 1. The lowest BCUT2D eigenvalue weighted by molar-refractivity contribution is -0.142. The monoisotopic (exact) mass is 264 g/mol. The van der Waals surface area contributed by atoms with Gasteiger partial charge in [-0.15, -0.1) is 0 Å². The third-order valence-corrected chi connectivity index (χ3v) is 2.67. The predicted octanol–water partition coefficient (Wildman–Crippen LogP) is 3.02. The van der Waals surface area contributed by atoms with Crippen LogP contribution in [-0.2, 0) is 16.0 Å². The molecule has 0 amide bonds. The maximum Gasteiger partial charge on any atom is 0.310 e. The Morgan fingerprint density at radius 2 is 2.00 bits per heavy atom. The Hall–Kier alpha value is -1.97. The van der Waals surface area contributed by atoms with Crippen LogP contribution < -0.4 is 4.74 Å². The number of esters is 1. The van der Waals surface area contributed by atoms with E-state index in [1.54, 1.807) is 39.0 Å². The van der Waals surface area contributed by atoms with Crippen LogP contribution in [0, 0.1) is 0 Å². The summed E-state index contributed by atoms with van der Waals surface area (Å²) in [6.45, 7) is 9.00. The van der Waals surface area contributed by atoms with E-state index in [1.165, 1.54) is 0 Å². The molecule has 0 saturated heterocycles. The Balaban J connectivity index is 2.90. The molecule has 0 atom stereocenters. The number of para-hydroxylation sites is 1. The van der Waals surface area contributed by atoms with Crippen LogP contribution in [0.25, 0.3) is 0 Å². The van der Waals surface area contributed by atoms with Crippen molar-refractivity contribution in [1.82, 2.24) is 0 Å². The lowest BCUT2D eigenvalue weighted by Gasteiger charge is -2.26. The molecule has 0 aliphatic rings. The number of benzene rings is 1. The second-order valence-electron chi connectivity index (χ2n) is 4.65. The highest BCUT2D eigenvalue weighted by molar-refractivity contribution is 5.73. The van der Waals surface area contributed by atoms with Gasteiger partial charge in [0.05, 0.1) is 13.0 Å². The molecular weight excluding hydrogens is 244 g/mol. The fraction of sp³-hybridized carbons (Fsp3) is 0.400. The number of hydrogen-bond donors (Lipinski definition) is 1. The van der Waals surface area contributed by atoms with Crippen LogP contribution >= 0.6 is 0 Å². The van der Waals surface area contributed by atoms with E-state index in [0.717, 1.165) is 5.56 Å². The smallest absolute Gasteiger partial charge is 0.310 e. The summed E-state index contributed by atoms with van der Waals surface area (Å²) in [6.07, 6.45) is 0.137. The van der Waals surface area contributed by atoms with E-state index in [4.69, 9.17) is 9.47 Å². The van der Waals surface area contributed by atoms with Gasteiger partial charge in [-0.25, -0.2) is 0 Å². The van der Waals surface area contributed by atoms with E-state index in [1.807, 2.05) is 6.07 Å². The Morgan fingerprint density at radius 1 is 1.37 bits per heavy atom. The zero-order chi connectivity index (χ0) is 14.5. The van der Waals surface area contributed by atoms with Gasteiger partial charge < -0.3 is 14.6 Å². The number of aliphatic hydroxyl groups is 1. The summed E-state index contributed by atoms with van der Waals surface area (Å²) in [4.78, 5) is 11.5. The topological polar surface area (TPSA) is 55.8 Å². The number of hydrogen-bond acceptors (Lipinski definition) is 4. The van der Waals surface area contributed by atoms with E-state index in [2.05, 4.69) is 6.58 Å². The number of ether oxygens (including phenoxy) is 2. The highest BCUT2D eigenvalue weighted by atomic mass is 16.5. The van der Waals surface area contributed by atoms with Crippen molar-refractivity contribution in [2.75, 3.05) is 6.61 Å². The SMILES string of the molecule is C=C(O)C(C)(C)Oc1ccccc1CC(=O)OCC. The molecule has 1 rings (SSSR count). The summed E-state index contributed by atoms with van der Waals surface area (Å²) in [7, 11) is 0. The Morgan fingerprint density at radius 3 is 2.58 bits per heavy atom. The van der Waals surface area contributed by atoms with E-state index >= 15 is 0 Å². The fourth-order valence-electron chi connectivity index (χ4n) is 1.45. The summed E-state index contributed by atoms with van der Waals surface area (Å²) in [5.41, 5.74) is -0.194. The van der Waals surface area contributed by atoms with Crippen molar-refractivity contribution in [1.29, 1.82) is 0 Å². The van der Waals surface area contributed by atoms with Gasteiger partial charge in [0.2, 0.25) is 0 Å². The van der Waals surface area contributed by atoms with Crippen LogP contribution in [0.4, 0.5) is 0 Å². The molecule has 104 valence electrons. The van der Waals surface area contributed by atoms with E-state index in [-0.39, 0.29) is 18.1 Å². The molecule has 0 bridgehead atoms. The molecule has 0 aromatic heterocycles. The molecule has 0 heterocycles. The first-order valence-electron chi connectivity index (χ1n) is 6.17. The Bertz CT molecular complexity index is 463. The van der Waals surface area contributed by atoms with Crippen LogP contribution in [0.2, 0.25) is 0 Å². The first-order valence-corrected chi connectivity index (χ1v) is 6.17. The van der Waals surface area contributed by atoms with Gasteiger partial charge in [-0.05, 0) is 26.8 Å². The minimum Gasteiger partial charge on any atom is -0.509 e. The van der Waals surface area contributed by atoms with Crippen molar-refractivity contribution < 1.29 is 19.4 Å². The van der Waals surface area contributed by atoms with Gasteiger partial charge in [0.25, 0.3) is 0 Å². The third kappa shape index (κ3) is 4.32. The van der Waals surface area contributed by atoms with Gasteiger partial charge >= 0.3 is 5.97 Å². The first kappa shape index (κ1) is 15.1. The van der Waals surface area contributed by atoms with Gasteiger partial charge in [-0.2, -0.15) is 0 Å². The standard InChI is InChI=1S/C15H20O4/c1-5-18-14(17)10-12-8-6-7-9-13(12)19-15(3,4)11(2)16/h6-9,16H,2,5,10H2,1,3-4H3. The lowest BCUT2D eigenvalue weighted by atomic mass is 10.1. The van der Waals surface area contributed by atoms with Crippen LogP contribution in [0.5, 0.6) is 5.75 Å². The molecule has 0 spiro atoms. The van der Waals surface area contributed by atoms with E-state index in [9.17, 15) is 9.90 Å². The molecule has 0 fully saturated rings. The summed E-state index contributed by atoms with van der Waals surface area (Å²) in [5, 5.41) is 9.49. The molecule has 1 aromatic carbocycles. The zero-order valence-electron chi connectivity index (χ0n) is 11.6. The fourth-order valence-corrected chi connectivity index (χ4v) is 1.45. The second kappa shape index (κ2) is 6.27. The molecule has 4 heteroatoms. The van der Waals surface area contributed by atoms with Gasteiger partial charge in [-0.1, -0.05) is 24.8 Å². The number of carbonyl (C=O) groups is 1. The highest BCUT2D eigenvalue weighted by Crippen LogP contribution is 2.26. The van der Waals surface area contributed by atoms with Crippen molar-refractivity contribution in [2.45, 2.75) is 32.8 Å². The minimum absolute atomic E-state index is 0.0709. The van der Waals surface area contributed by atoms with E-state index < -0.39 is 5.60 Å².